The topological polar surface area (TPSA) is 82.2 Å². The van der Waals surface area contributed by atoms with Crippen LogP contribution in [0.25, 0.3) is 0 Å². The largest absolute Gasteiger partial charge is 0.495 e. The average Bonchev–Trinajstić information content (AvgIpc) is 3.25. The van der Waals surface area contributed by atoms with Crippen molar-refractivity contribution in [3.05, 3.63) is 60.2 Å². The molecule has 1 atom stereocenters. The molecule has 2 aliphatic heterocycles. The third-order valence-electron chi connectivity index (χ3n) is 6.28. The number of hydrogen-bond donors (Lipinski definition) is 1. The number of carbonyl (C=O) groups excluding carboxylic acids is 3. The molecule has 1 unspecified atom stereocenters. The van der Waals surface area contributed by atoms with Crippen LogP contribution in [0, 0.1) is 0 Å². The molecule has 8 heteroatoms. The zero-order chi connectivity index (χ0) is 23.2. The van der Waals surface area contributed by atoms with Gasteiger partial charge in [0.2, 0.25) is 11.8 Å². The van der Waals surface area contributed by atoms with Crippen molar-refractivity contribution >= 4 is 23.4 Å². The van der Waals surface area contributed by atoms with Gasteiger partial charge in [-0.05, 0) is 30.7 Å². The van der Waals surface area contributed by atoms with Gasteiger partial charge in [-0.1, -0.05) is 30.3 Å². The molecule has 2 fully saturated rings. The Hall–Kier alpha value is -3.39. The first-order chi connectivity index (χ1) is 16.1. The number of methoxy groups -OCH3 is 1. The van der Waals surface area contributed by atoms with E-state index < -0.39 is 11.9 Å². The fourth-order valence-corrected chi connectivity index (χ4v) is 4.46. The van der Waals surface area contributed by atoms with Gasteiger partial charge in [0.25, 0.3) is 5.91 Å². The van der Waals surface area contributed by atoms with E-state index in [9.17, 15) is 14.4 Å². The summed E-state index contributed by atoms with van der Waals surface area (Å²) in [7, 11) is 1.68. The number of carbonyl (C=O) groups is 3. The zero-order valence-corrected chi connectivity index (χ0v) is 18.9. The minimum atomic E-state index is -0.743. The molecule has 0 aliphatic carbocycles. The summed E-state index contributed by atoms with van der Waals surface area (Å²) in [4.78, 5) is 43.6. The highest BCUT2D eigenvalue weighted by atomic mass is 16.5. The smallest absolute Gasteiger partial charge is 0.261 e. The number of anilines is 1. The Bertz CT molecular complexity index is 989. The highest BCUT2D eigenvalue weighted by molar-refractivity contribution is 6.09. The number of likely N-dealkylation sites (tertiary alicyclic amines) is 1. The van der Waals surface area contributed by atoms with Crippen molar-refractivity contribution in [1.82, 2.24) is 15.1 Å². The van der Waals surface area contributed by atoms with Gasteiger partial charge in [-0.3, -0.25) is 24.2 Å². The number of rotatable bonds is 7. The van der Waals surface area contributed by atoms with E-state index >= 15 is 0 Å². The van der Waals surface area contributed by atoms with Crippen LogP contribution in [0.4, 0.5) is 5.69 Å². The summed E-state index contributed by atoms with van der Waals surface area (Å²) in [5.74, 6) is -0.0982. The molecule has 2 aromatic rings. The Morgan fingerprint density at radius 3 is 2.42 bits per heavy atom. The van der Waals surface area contributed by atoms with Gasteiger partial charge >= 0.3 is 0 Å². The minimum absolute atomic E-state index is 0.210. The number of imide groups is 1. The van der Waals surface area contributed by atoms with Gasteiger partial charge in [-0.15, -0.1) is 0 Å². The van der Waals surface area contributed by atoms with E-state index in [-0.39, 0.29) is 18.2 Å². The summed E-state index contributed by atoms with van der Waals surface area (Å²) in [6.45, 7) is 4.73. The van der Waals surface area contributed by atoms with Crippen LogP contribution in [0.5, 0.6) is 5.75 Å². The first-order valence-electron chi connectivity index (χ1n) is 11.4. The van der Waals surface area contributed by atoms with Gasteiger partial charge in [-0.25, -0.2) is 0 Å². The Kier molecular flexibility index (Phi) is 7.24. The van der Waals surface area contributed by atoms with Crippen LogP contribution >= 0.6 is 0 Å². The lowest BCUT2D eigenvalue weighted by atomic mass is 10.1. The van der Waals surface area contributed by atoms with E-state index in [1.807, 2.05) is 24.3 Å². The van der Waals surface area contributed by atoms with Crippen LogP contribution < -0.4 is 15.0 Å². The summed E-state index contributed by atoms with van der Waals surface area (Å²) in [6.07, 6.45) is 0.572. The Balaban J connectivity index is 1.26. The van der Waals surface area contributed by atoms with E-state index in [0.29, 0.717) is 18.5 Å². The zero-order valence-electron chi connectivity index (χ0n) is 18.9. The van der Waals surface area contributed by atoms with Crippen LogP contribution in [0.2, 0.25) is 0 Å². The Morgan fingerprint density at radius 1 is 1.00 bits per heavy atom. The third kappa shape index (κ3) is 5.17. The molecule has 2 heterocycles. The maximum atomic E-state index is 12.8. The molecule has 0 bridgehead atoms. The van der Waals surface area contributed by atoms with Gasteiger partial charge in [-0.2, -0.15) is 0 Å². The number of para-hydroxylation sites is 2. The molecule has 2 saturated heterocycles. The predicted molar refractivity (Wildman–Crippen MR) is 125 cm³/mol. The van der Waals surface area contributed by atoms with E-state index in [1.54, 1.807) is 31.4 Å². The van der Waals surface area contributed by atoms with Crippen LogP contribution in [0.1, 0.15) is 23.2 Å². The molecule has 0 radical (unpaired) electrons. The van der Waals surface area contributed by atoms with Gasteiger partial charge in [0.15, 0.2) is 0 Å². The summed E-state index contributed by atoms with van der Waals surface area (Å²) < 4.78 is 5.47. The Morgan fingerprint density at radius 2 is 1.70 bits per heavy atom. The van der Waals surface area contributed by atoms with Crippen molar-refractivity contribution in [3.8, 4) is 5.75 Å². The van der Waals surface area contributed by atoms with Crippen LogP contribution in [-0.2, 0) is 9.59 Å². The van der Waals surface area contributed by atoms with Crippen molar-refractivity contribution in [2.24, 2.45) is 0 Å². The molecule has 2 aromatic carbocycles. The van der Waals surface area contributed by atoms with Crippen LogP contribution in [-0.4, -0.2) is 79.9 Å². The third-order valence-corrected chi connectivity index (χ3v) is 6.28. The Labute approximate surface area is 194 Å². The number of hydrogen-bond acceptors (Lipinski definition) is 6. The van der Waals surface area contributed by atoms with Crippen molar-refractivity contribution < 1.29 is 19.1 Å². The summed E-state index contributed by atoms with van der Waals surface area (Å²) in [5, 5.41) is 2.93. The molecule has 3 amide bonds. The fraction of sp³-hybridized carbons (Fsp3) is 0.400. The lowest BCUT2D eigenvalue weighted by Crippen LogP contribution is -2.51. The van der Waals surface area contributed by atoms with Crippen LogP contribution in [0.15, 0.2) is 54.6 Å². The van der Waals surface area contributed by atoms with E-state index in [4.69, 9.17) is 4.74 Å². The van der Waals surface area contributed by atoms with Gasteiger partial charge < -0.3 is 15.0 Å². The predicted octanol–water partition coefficient (Wildman–Crippen LogP) is 1.76. The van der Waals surface area contributed by atoms with Crippen molar-refractivity contribution in [3.63, 3.8) is 0 Å². The van der Waals surface area contributed by atoms with E-state index in [2.05, 4.69) is 21.2 Å². The lowest BCUT2D eigenvalue weighted by Gasteiger charge is -2.36. The second-order valence-corrected chi connectivity index (χ2v) is 8.28. The summed E-state index contributed by atoms with van der Waals surface area (Å²) in [6, 6.07) is 15.9. The molecular weight excluding hydrogens is 420 g/mol. The molecule has 4 rings (SSSR count). The fourth-order valence-electron chi connectivity index (χ4n) is 4.46. The normalized spacial score (nSPS) is 18.9. The SMILES string of the molecule is COc1ccccc1N1CCN(CCNC(=O)C2CCC(=O)N2C(=O)c2ccccc2)CC1. The number of benzene rings is 2. The molecule has 174 valence electrons. The maximum absolute atomic E-state index is 12.8. The lowest BCUT2D eigenvalue weighted by molar-refractivity contribution is -0.132. The van der Waals surface area contributed by atoms with E-state index in [1.165, 1.54) is 0 Å². The first kappa shape index (κ1) is 22.8. The van der Waals surface area contributed by atoms with Crippen LogP contribution in [0.3, 0.4) is 0 Å². The van der Waals surface area contributed by atoms with Crippen molar-refractivity contribution in [2.45, 2.75) is 18.9 Å². The second kappa shape index (κ2) is 10.5. The quantitative estimate of drug-likeness (QED) is 0.648. The second-order valence-electron chi connectivity index (χ2n) is 8.28. The standard InChI is InChI=1S/C25H30N4O4/c1-33-22-10-6-5-9-20(22)28-17-15-27(16-18-28)14-13-26-24(31)21-11-12-23(30)29(21)25(32)19-7-3-2-4-8-19/h2-10,21H,11-18H2,1H3,(H,26,31). The number of ether oxygens (including phenoxy) is 1. The molecule has 0 saturated carbocycles. The van der Waals surface area contributed by atoms with Gasteiger partial charge in [0.05, 0.1) is 12.8 Å². The average molecular weight is 451 g/mol. The molecule has 33 heavy (non-hydrogen) atoms. The van der Waals surface area contributed by atoms with E-state index in [0.717, 1.165) is 49.1 Å². The summed E-state index contributed by atoms with van der Waals surface area (Å²) >= 11 is 0. The highest BCUT2D eigenvalue weighted by Crippen LogP contribution is 2.28. The van der Waals surface area contributed by atoms with Crippen molar-refractivity contribution in [1.29, 1.82) is 0 Å². The van der Waals surface area contributed by atoms with Gasteiger partial charge in [0.1, 0.15) is 11.8 Å². The van der Waals surface area contributed by atoms with Crippen molar-refractivity contribution in [2.75, 3.05) is 51.3 Å². The molecule has 8 nitrogen and oxygen atoms in total. The molecule has 1 N–H and O–H groups in total. The number of nitrogens with one attached hydrogen (secondary N) is 1. The number of nitrogens with zero attached hydrogens (tertiary/aromatic N) is 3. The minimum Gasteiger partial charge on any atom is -0.495 e. The number of amides is 3. The first-order valence-corrected chi connectivity index (χ1v) is 11.4. The summed E-state index contributed by atoms with van der Waals surface area (Å²) in [5.41, 5.74) is 1.51. The van der Waals surface area contributed by atoms with Gasteiger partial charge in [0, 0.05) is 51.3 Å². The molecular formula is C25H30N4O4. The monoisotopic (exact) mass is 450 g/mol. The maximum Gasteiger partial charge on any atom is 0.261 e. The molecule has 0 aromatic heterocycles. The highest BCUT2D eigenvalue weighted by Gasteiger charge is 2.40. The molecule has 0 spiro atoms. The number of piperazine rings is 1. The molecule has 2 aliphatic rings.